The minimum Gasteiger partial charge on any atom is -0.370 e. The number of primary amides is 1. The minimum atomic E-state index is -3.62. The summed E-state index contributed by atoms with van der Waals surface area (Å²) in [6, 6.07) is 6.05. The summed E-state index contributed by atoms with van der Waals surface area (Å²) in [7, 11) is -3.62. The summed E-state index contributed by atoms with van der Waals surface area (Å²) < 4.78 is 25.9. The van der Waals surface area contributed by atoms with Gasteiger partial charge in [-0.3, -0.25) is 4.79 Å². The lowest BCUT2D eigenvalue weighted by Gasteiger charge is -2.05. The van der Waals surface area contributed by atoms with Gasteiger partial charge in [-0.05, 0) is 24.3 Å². The molecule has 0 aliphatic rings. The van der Waals surface area contributed by atoms with E-state index in [0.29, 0.717) is 5.56 Å². The fourth-order valence-electron chi connectivity index (χ4n) is 1.26. The van der Waals surface area contributed by atoms with Crippen molar-refractivity contribution in [2.75, 3.05) is 13.1 Å². The van der Waals surface area contributed by atoms with Gasteiger partial charge in [0.15, 0.2) is 0 Å². The number of sulfonamides is 1. The molecule has 0 bridgehead atoms. The van der Waals surface area contributed by atoms with E-state index in [9.17, 15) is 13.2 Å². The fourth-order valence-corrected chi connectivity index (χ4v) is 2.29. The highest BCUT2D eigenvalue weighted by Crippen LogP contribution is 2.09. The average Bonchev–Trinajstić information content (AvgIpc) is 2.36. The van der Waals surface area contributed by atoms with E-state index in [1.807, 2.05) is 0 Å². The SMILES string of the molecule is NCC#Cc1ccc(S(=O)(=O)NCCC(N)=O)cc1. The van der Waals surface area contributed by atoms with Crippen molar-refractivity contribution in [3.8, 4) is 11.8 Å². The van der Waals surface area contributed by atoms with Crippen molar-refractivity contribution in [1.29, 1.82) is 0 Å². The number of carbonyl (C=O) groups excluding carboxylic acids is 1. The number of rotatable bonds is 5. The van der Waals surface area contributed by atoms with Crippen molar-refractivity contribution < 1.29 is 13.2 Å². The van der Waals surface area contributed by atoms with Crippen LogP contribution in [-0.2, 0) is 14.8 Å². The molecule has 0 saturated carbocycles. The Morgan fingerprint density at radius 3 is 2.42 bits per heavy atom. The second kappa shape index (κ2) is 6.89. The molecule has 0 saturated heterocycles. The lowest BCUT2D eigenvalue weighted by Crippen LogP contribution is -2.28. The molecule has 0 heterocycles. The molecular weight excluding hydrogens is 266 g/mol. The van der Waals surface area contributed by atoms with Gasteiger partial charge in [-0.15, -0.1) is 0 Å². The summed E-state index contributed by atoms with van der Waals surface area (Å²) in [5, 5.41) is 0. The van der Waals surface area contributed by atoms with Gasteiger partial charge in [-0.1, -0.05) is 11.8 Å². The van der Waals surface area contributed by atoms with Crippen LogP contribution in [0, 0.1) is 11.8 Å². The number of hydrogen-bond acceptors (Lipinski definition) is 4. The van der Waals surface area contributed by atoms with Gasteiger partial charge in [-0.2, -0.15) is 0 Å². The zero-order chi connectivity index (χ0) is 14.3. The van der Waals surface area contributed by atoms with Crippen molar-refractivity contribution in [3.63, 3.8) is 0 Å². The number of hydrogen-bond donors (Lipinski definition) is 3. The molecule has 1 rings (SSSR count). The lowest BCUT2D eigenvalue weighted by atomic mass is 10.2. The van der Waals surface area contributed by atoms with E-state index in [1.165, 1.54) is 12.1 Å². The Bertz CT molecular complexity index is 597. The van der Waals surface area contributed by atoms with E-state index in [4.69, 9.17) is 11.5 Å². The Hall–Kier alpha value is -1.88. The number of nitrogens with two attached hydrogens (primary N) is 2. The normalized spacial score (nSPS) is 10.6. The Kier molecular flexibility index (Phi) is 5.51. The van der Waals surface area contributed by atoms with Crippen LogP contribution < -0.4 is 16.2 Å². The second-order valence-electron chi connectivity index (χ2n) is 3.64. The van der Waals surface area contributed by atoms with Crippen LogP contribution in [0.25, 0.3) is 0 Å². The Morgan fingerprint density at radius 2 is 1.89 bits per heavy atom. The predicted molar refractivity (Wildman–Crippen MR) is 71.4 cm³/mol. The van der Waals surface area contributed by atoms with Crippen LogP contribution in [0.3, 0.4) is 0 Å². The highest BCUT2D eigenvalue weighted by atomic mass is 32.2. The number of nitrogens with one attached hydrogen (secondary N) is 1. The minimum absolute atomic E-state index is 0.0214. The smallest absolute Gasteiger partial charge is 0.240 e. The molecule has 0 unspecified atom stereocenters. The quantitative estimate of drug-likeness (QED) is 0.610. The first-order chi connectivity index (χ1) is 8.95. The summed E-state index contributed by atoms with van der Waals surface area (Å²) in [4.78, 5) is 10.6. The molecule has 0 aliphatic heterocycles. The van der Waals surface area contributed by atoms with Gasteiger partial charge in [0.2, 0.25) is 15.9 Å². The Morgan fingerprint density at radius 1 is 1.26 bits per heavy atom. The molecule has 0 atom stereocenters. The average molecular weight is 281 g/mol. The number of carbonyl (C=O) groups is 1. The number of benzene rings is 1. The van der Waals surface area contributed by atoms with Crippen LogP contribution in [0.5, 0.6) is 0 Å². The topological polar surface area (TPSA) is 115 Å². The van der Waals surface area contributed by atoms with Crippen LogP contribution in [0.4, 0.5) is 0 Å². The first kappa shape index (κ1) is 15.2. The molecule has 0 aliphatic carbocycles. The first-order valence-electron chi connectivity index (χ1n) is 5.52. The zero-order valence-corrected chi connectivity index (χ0v) is 11.0. The summed E-state index contributed by atoms with van der Waals surface area (Å²) >= 11 is 0. The van der Waals surface area contributed by atoms with Gasteiger partial charge in [0.05, 0.1) is 11.4 Å². The standard InChI is InChI=1S/C12H15N3O3S/c13-8-1-2-10-3-5-11(6-4-10)19(17,18)15-9-7-12(14)16/h3-6,15H,7-9,13H2,(H2,14,16). The summed E-state index contributed by atoms with van der Waals surface area (Å²) in [5.74, 6) is 4.90. The first-order valence-corrected chi connectivity index (χ1v) is 7.01. The van der Waals surface area contributed by atoms with Crippen molar-refractivity contribution in [2.24, 2.45) is 11.5 Å². The van der Waals surface area contributed by atoms with Gasteiger partial charge < -0.3 is 11.5 Å². The van der Waals surface area contributed by atoms with Crippen LogP contribution in [0.15, 0.2) is 29.2 Å². The van der Waals surface area contributed by atoms with Gasteiger partial charge in [0.25, 0.3) is 0 Å². The molecule has 0 radical (unpaired) electrons. The molecule has 7 heteroatoms. The van der Waals surface area contributed by atoms with E-state index in [2.05, 4.69) is 16.6 Å². The van der Waals surface area contributed by atoms with Crippen molar-refractivity contribution in [3.05, 3.63) is 29.8 Å². The summed E-state index contributed by atoms with van der Waals surface area (Å²) in [6.45, 7) is 0.223. The van der Waals surface area contributed by atoms with Crippen molar-refractivity contribution >= 4 is 15.9 Å². The van der Waals surface area contributed by atoms with E-state index in [-0.39, 0.29) is 24.4 Å². The lowest BCUT2D eigenvalue weighted by molar-refractivity contribution is -0.117. The van der Waals surface area contributed by atoms with Gasteiger partial charge in [0.1, 0.15) is 0 Å². The Labute approximate surface area is 112 Å². The molecule has 0 fully saturated rings. The Balaban J connectivity index is 2.76. The molecule has 0 spiro atoms. The highest BCUT2D eigenvalue weighted by molar-refractivity contribution is 7.89. The van der Waals surface area contributed by atoms with Crippen LogP contribution >= 0.6 is 0 Å². The molecule has 19 heavy (non-hydrogen) atoms. The maximum absolute atomic E-state index is 11.8. The molecule has 0 aromatic heterocycles. The van der Waals surface area contributed by atoms with Crippen molar-refractivity contribution in [1.82, 2.24) is 4.72 Å². The summed E-state index contributed by atoms with van der Waals surface area (Å²) in [6.07, 6.45) is -0.0424. The van der Waals surface area contributed by atoms with E-state index >= 15 is 0 Å². The molecule has 1 aromatic carbocycles. The molecule has 1 aromatic rings. The highest BCUT2D eigenvalue weighted by Gasteiger charge is 2.13. The third kappa shape index (κ3) is 5.09. The third-order valence-corrected chi connectivity index (χ3v) is 3.64. The van der Waals surface area contributed by atoms with E-state index < -0.39 is 15.9 Å². The zero-order valence-electron chi connectivity index (χ0n) is 10.2. The van der Waals surface area contributed by atoms with Gasteiger partial charge in [-0.25, -0.2) is 13.1 Å². The second-order valence-corrected chi connectivity index (χ2v) is 5.41. The molecular formula is C12H15N3O3S. The fraction of sp³-hybridized carbons (Fsp3) is 0.250. The largest absolute Gasteiger partial charge is 0.370 e. The molecule has 102 valence electrons. The molecule has 5 N–H and O–H groups in total. The van der Waals surface area contributed by atoms with Gasteiger partial charge in [0, 0.05) is 18.5 Å². The monoisotopic (exact) mass is 281 g/mol. The maximum atomic E-state index is 11.8. The molecule has 6 nitrogen and oxygen atoms in total. The van der Waals surface area contributed by atoms with E-state index in [0.717, 1.165) is 0 Å². The number of amides is 1. The molecule has 1 amide bonds. The van der Waals surface area contributed by atoms with Crippen molar-refractivity contribution in [2.45, 2.75) is 11.3 Å². The predicted octanol–water partition coefficient (Wildman–Crippen LogP) is -0.849. The van der Waals surface area contributed by atoms with Crippen LogP contribution in [-0.4, -0.2) is 27.4 Å². The van der Waals surface area contributed by atoms with Crippen LogP contribution in [0.2, 0.25) is 0 Å². The van der Waals surface area contributed by atoms with Crippen LogP contribution in [0.1, 0.15) is 12.0 Å². The summed E-state index contributed by atoms with van der Waals surface area (Å²) in [5.41, 5.74) is 10.8. The third-order valence-electron chi connectivity index (χ3n) is 2.16. The maximum Gasteiger partial charge on any atom is 0.240 e. The van der Waals surface area contributed by atoms with Gasteiger partial charge >= 0.3 is 0 Å². The van der Waals surface area contributed by atoms with E-state index in [1.54, 1.807) is 12.1 Å².